The second-order valence-corrected chi connectivity index (χ2v) is 7.33. The molecule has 2 aromatic rings. The van der Waals surface area contributed by atoms with Gasteiger partial charge in [-0.3, -0.25) is 29.9 Å². The SMILES string of the molecule is Cc1c([N+](=O)[O-])cc(C(=O)N2CCN(Cc3cccs3)CC2)cc1[N+](=O)[O-]. The van der Waals surface area contributed by atoms with Gasteiger partial charge >= 0.3 is 0 Å². The standard InChI is InChI=1S/C17H18N4O5S/c1-12-15(20(23)24)9-13(10-16(12)21(25)26)17(22)19-6-4-18(5-7-19)11-14-3-2-8-27-14/h2-3,8-10H,4-7,11H2,1H3. The average Bonchev–Trinajstić information content (AvgIpc) is 3.14. The van der Waals surface area contributed by atoms with E-state index < -0.39 is 27.1 Å². The third-order valence-corrected chi connectivity index (χ3v) is 5.47. The fourth-order valence-electron chi connectivity index (χ4n) is 3.10. The molecular formula is C17H18N4O5S. The smallest absolute Gasteiger partial charge is 0.279 e. The first-order valence-electron chi connectivity index (χ1n) is 8.34. The quantitative estimate of drug-likeness (QED) is 0.573. The molecule has 9 nitrogen and oxygen atoms in total. The molecule has 0 spiro atoms. The summed E-state index contributed by atoms with van der Waals surface area (Å²) in [7, 11) is 0. The van der Waals surface area contributed by atoms with Crippen LogP contribution in [0, 0.1) is 27.2 Å². The molecule has 1 aromatic carbocycles. The van der Waals surface area contributed by atoms with Crippen LogP contribution in [0.4, 0.5) is 11.4 Å². The number of amides is 1. The molecule has 2 heterocycles. The van der Waals surface area contributed by atoms with Gasteiger partial charge in [-0.25, -0.2) is 0 Å². The van der Waals surface area contributed by atoms with E-state index in [4.69, 9.17) is 0 Å². The van der Waals surface area contributed by atoms with Crippen LogP contribution in [0.5, 0.6) is 0 Å². The molecule has 10 heteroatoms. The Morgan fingerprint density at radius 2 is 1.70 bits per heavy atom. The number of hydrogen-bond donors (Lipinski definition) is 0. The number of nitro benzene ring substituents is 2. The zero-order valence-corrected chi connectivity index (χ0v) is 15.5. The van der Waals surface area contributed by atoms with Gasteiger partial charge in [-0.05, 0) is 18.4 Å². The highest BCUT2D eigenvalue weighted by Gasteiger charge is 2.28. The zero-order valence-electron chi connectivity index (χ0n) is 14.7. The summed E-state index contributed by atoms with van der Waals surface area (Å²) in [6, 6.07) is 6.31. The fraction of sp³-hybridized carbons (Fsp3) is 0.353. The molecule has 27 heavy (non-hydrogen) atoms. The summed E-state index contributed by atoms with van der Waals surface area (Å²) >= 11 is 1.68. The van der Waals surface area contributed by atoms with Crippen molar-refractivity contribution in [3.05, 3.63) is 65.9 Å². The second kappa shape index (κ2) is 7.80. The van der Waals surface area contributed by atoms with Crippen LogP contribution in [0.3, 0.4) is 0 Å². The van der Waals surface area contributed by atoms with E-state index in [1.54, 1.807) is 16.2 Å². The molecule has 142 valence electrons. The Balaban J connectivity index is 1.74. The topological polar surface area (TPSA) is 110 Å². The van der Waals surface area contributed by atoms with Crippen molar-refractivity contribution < 1.29 is 14.6 Å². The van der Waals surface area contributed by atoms with Gasteiger partial charge < -0.3 is 4.90 Å². The van der Waals surface area contributed by atoms with Gasteiger partial charge in [0.1, 0.15) is 5.56 Å². The van der Waals surface area contributed by atoms with E-state index in [0.717, 1.165) is 18.7 Å². The highest BCUT2D eigenvalue weighted by molar-refractivity contribution is 7.09. The van der Waals surface area contributed by atoms with Gasteiger partial charge in [-0.2, -0.15) is 0 Å². The molecule has 0 atom stereocenters. The number of thiophene rings is 1. The summed E-state index contributed by atoms with van der Waals surface area (Å²) in [5, 5.41) is 24.4. The van der Waals surface area contributed by atoms with Crippen LogP contribution in [0.2, 0.25) is 0 Å². The van der Waals surface area contributed by atoms with Crippen molar-refractivity contribution in [3.8, 4) is 0 Å². The molecule has 1 aliphatic rings. The Morgan fingerprint density at radius 1 is 1.11 bits per heavy atom. The van der Waals surface area contributed by atoms with Crippen LogP contribution in [-0.2, 0) is 6.54 Å². The van der Waals surface area contributed by atoms with Gasteiger partial charge in [-0.1, -0.05) is 6.07 Å². The molecule has 0 radical (unpaired) electrons. The number of rotatable bonds is 5. The number of nitrogens with zero attached hydrogens (tertiary/aromatic N) is 4. The van der Waals surface area contributed by atoms with E-state index in [9.17, 15) is 25.0 Å². The number of nitro groups is 2. The zero-order chi connectivity index (χ0) is 19.6. The van der Waals surface area contributed by atoms with Crippen LogP contribution in [0.25, 0.3) is 0 Å². The maximum absolute atomic E-state index is 12.7. The van der Waals surface area contributed by atoms with Gasteiger partial charge in [0.15, 0.2) is 0 Å². The van der Waals surface area contributed by atoms with Gasteiger partial charge in [0, 0.05) is 49.7 Å². The van der Waals surface area contributed by atoms with E-state index in [-0.39, 0.29) is 11.1 Å². The van der Waals surface area contributed by atoms with Crippen LogP contribution in [0.15, 0.2) is 29.6 Å². The lowest BCUT2D eigenvalue weighted by atomic mass is 10.1. The van der Waals surface area contributed by atoms with E-state index in [1.807, 2.05) is 11.4 Å². The summed E-state index contributed by atoms with van der Waals surface area (Å²) in [4.78, 5) is 38.8. The van der Waals surface area contributed by atoms with Crippen molar-refractivity contribution in [1.29, 1.82) is 0 Å². The van der Waals surface area contributed by atoms with Crippen LogP contribution >= 0.6 is 11.3 Å². The summed E-state index contributed by atoms with van der Waals surface area (Å²) in [5.74, 6) is -0.419. The maximum Gasteiger partial charge on any atom is 0.279 e. The van der Waals surface area contributed by atoms with Gasteiger partial charge in [0.25, 0.3) is 17.3 Å². The minimum Gasteiger partial charge on any atom is -0.336 e. The van der Waals surface area contributed by atoms with Gasteiger partial charge in [0.05, 0.1) is 15.4 Å². The van der Waals surface area contributed by atoms with Crippen molar-refractivity contribution in [1.82, 2.24) is 9.80 Å². The largest absolute Gasteiger partial charge is 0.336 e. The van der Waals surface area contributed by atoms with Gasteiger partial charge in [-0.15, -0.1) is 11.3 Å². The molecule has 0 bridgehead atoms. The first-order chi connectivity index (χ1) is 12.9. The Hall–Kier alpha value is -2.85. The molecule has 1 fully saturated rings. The number of carbonyl (C=O) groups is 1. The Kier molecular flexibility index (Phi) is 5.47. The molecule has 0 aliphatic carbocycles. The second-order valence-electron chi connectivity index (χ2n) is 6.30. The van der Waals surface area contributed by atoms with E-state index in [1.165, 1.54) is 11.8 Å². The van der Waals surface area contributed by atoms with E-state index in [0.29, 0.717) is 26.2 Å². The summed E-state index contributed by atoms with van der Waals surface area (Å²) in [6.07, 6.45) is 0. The Bertz CT molecular complexity index is 840. The monoisotopic (exact) mass is 390 g/mol. The molecule has 1 amide bonds. The summed E-state index contributed by atoms with van der Waals surface area (Å²) < 4.78 is 0. The van der Waals surface area contributed by atoms with Crippen LogP contribution in [-0.4, -0.2) is 51.7 Å². The predicted molar refractivity (Wildman–Crippen MR) is 100.0 cm³/mol. The van der Waals surface area contributed by atoms with Crippen molar-refractivity contribution in [2.75, 3.05) is 26.2 Å². The minimum absolute atomic E-state index is 0.0225. The first-order valence-corrected chi connectivity index (χ1v) is 9.22. The Morgan fingerprint density at radius 3 is 2.19 bits per heavy atom. The maximum atomic E-state index is 12.7. The summed E-state index contributed by atoms with van der Waals surface area (Å²) in [6.45, 7) is 4.44. The number of piperazine rings is 1. The fourth-order valence-corrected chi connectivity index (χ4v) is 3.85. The molecule has 3 rings (SSSR count). The molecule has 0 saturated carbocycles. The van der Waals surface area contributed by atoms with Crippen molar-refractivity contribution in [3.63, 3.8) is 0 Å². The third-order valence-electron chi connectivity index (χ3n) is 4.61. The lowest BCUT2D eigenvalue weighted by Crippen LogP contribution is -2.48. The predicted octanol–water partition coefficient (Wildman–Crippen LogP) is 2.83. The van der Waals surface area contributed by atoms with E-state index >= 15 is 0 Å². The highest BCUT2D eigenvalue weighted by Crippen LogP contribution is 2.30. The molecular weight excluding hydrogens is 372 g/mol. The molecule has 0 unspecified atom stereocenters. The lowest BCUT2D eigenvalue weighted by molar-refractivity contribution is -0.395. The average molecular weight is 390 g/mol. The van der Waals surface area contributed by atoms with Crippen molar-refractivity contribution in [2.24, 2.45) is 0 Å². The minimum atomic E-state index is -0.696. The van der Waals surface area contributed by atoms with Crippen molar-refractivity contribution in [2.45, 2.75) is 13.5 Å². The van der Waals surface area contributed by atoms with Crippen LogP contribution in [0.1, 0.15) is 20.8 Å². The molecule has 1 saturated heterocycles. The molecule has 1 aliphatic heterocycles. The van der Waals surface area contributed by atoms with Crippen LogP contribution < -0.4 is 0 Å². The number of hydrogen-bond acceptors (Lipinski definition) is 7. The Labute approximate surface area is 159 Å². The first kappa shape index (κ1) is 18.9. The summed E-state index contributed by atoms with van der Waals surface area (Å²) in [5.41, 5.74) is -0.902. The molecule has 0 N–H and O–H groups in total. The normalized spacial score (nSPS) is 14.9. The van der Waals surface area contributed by atoms with E-state index in [2.05, 4.69) is 11.0 Å². The van der Waals surface area contributed by atoms with Crippen molar-refractivity contribution >= 4 is 28.6 Å². The number of carbonyl (C=O) groups excluding carboxylic acids is 1. The lowest BCUT2D eigenvalue weighted by Gasteiger charge is -2.34. The third kappa shape index (κ3) is 4.12. The highest BCUT2D eigenvalue weighted by atomic mass is 32.1. The molecule has 1 aromatic heterocycles. The van der Waals surface area contributed by atoms with Gasteiger partial charge in [0.2, 0.25) is 0 Å². The number of benzene rings is 1.